The Balaban J connectivity index is 0.00000128. The van der Waals surface area contributed by atoms with Crippen molar-refractivity contribution in [1.82, 2.24) is 5.32 Å². The summed E-state index contributed by atoms with van der Waals surface area (Å²) in [6.07, 6.45) is 3.82. The maximum Gasteiger partial charge on any atom is 0.112 e. The second kappa shape index (κ2) is 5.85. The Kier molecular flexibility index (Phi) is 5.03. The van der Waals surface area contributed by atoms with E-state index in [1.54, 1.807) is 12.1 Å². The zero-order chi connectivity index (χ0) is 10.8. The van der Waals surface area contributed by atoms with Crippen LogP contribution in [0, 0.1) is 6.08 Å². The molecule has 0 bridgehead atoms. The summed E-state index contributed by atoms with van der Waals surface area (Å²) in [6.45, 7) is 3.84. The van der Waals surface area contributed by atoms with Gasteiger partial charge < -0.3 is 10.4 Å². The minimum Gasteiger partial charge on any atom is -0.508 e. The van der Waals surface area contributed by atoms with Crippen LogP contribution in [0.3, 0.4) is 0 Å². The number of hydrogen-bond acceptors (Lipinski definition) is 2. The number of aromatic hydroxyl groups is 1. The number of allylic oxidation sites excluding steroid dienone is 2. The van der Waals surface area contributed by atoms with Gasteiger partial charge in [0, 0.05) is 38.4 Å². The molecule has 0 saturated heterocycles. The maximum absolute atomic E-state index is 9.16. The molecule has 0 aliphatic carbocycles. The van der Waals surface area contributed by atoms with Crippen molar-refractivity contribution in [3.8, 4) is 5.75 Å². The molecule has 2 N–H and O–H groups in total. The molecule has 0 fully saturated rings. The van der Waals surface area contributed by atoms with E-state index in [-0.39, 0.29) is 43.8 Å². The van der Waals surface area contributed by atoms with Gasteiger partial charge in [0.15, 0.2) is 0 Å². The first kappa shape index (κ1) is 13.8. The number of nitrogens with one attached hydrogen (secondary N) is 1. The monoisotopic (exact) mass is 309 g/mol. The van der Waals surface area contributed by atoms with Crippen LogP contribution in [0.25, 0.3) is 5.70 Å². The van der Waals surface area contributed by atoms with Crippen LogP contribution in [0.1, 0.15) is 12.0 Å². The topological polar surface area (TPSA) is 32.3 Å². The summed E-state index contributed by atoms with van der Waals surface area (Å²) in [5, 5.41) is 12.2. The predicted molar refractivity (Wildman–Crippen MR) is 61.3 cm³/mol. The number of rotatable bonds is 1. The fourth-order valence-electron chi connectivity index (χ4n) is 1.40. The Morgan fingerprint density at radius 1 is 1.38 bits per heavy atom. The summed E-state index contributed by atoms with van der Waals surface area (Å²) in [5.41, 5.74) is 2.63. The van der Waals surface area contributed by atoms with Crippen molar-refractivity contribution in [3.63, 3.8) is 0 Å². The van der Waals surface area contributed by atoms with Gasteiger partial charge in [-0.25, -0.2) is 6.08 Å². The summed E-state index contributed by atoms with van der Waals surface area (Å²) in [4.78, 5) is 0. The molecular weight excluding hydrogens is 298 g/mol. The maximum atomic E-state index is 9.16. The number of benzene rings is 1. The minimum atomic E-state index is -0.0918. The van der Waals surface area contributed by atoms with E-state index in [2.05, 4.69) is 18.0 Å². The molecule has 0 spiro atoms. The summed E-state index contributed by atoms with van der Waals surface area (Å²) >= 11 is 5.97. The SMILES string of the molecule is C=C1NC(c2ccc(O)cc2)=[C-]CC1Cl.[Y]. The van der Waals surface area contributed by atoms with Gasteiger partial charge in [-0.3, -0.25) is 0 Å². The largest absolute Gasteiger partial charge is 0.508 e. The average molecular weight is 310 g/mol. The molecule has 1 radical (unpaired) electrons. The smallest absolute Gasteiger partial charge is 0.112 e. The summed E-state index contributed by atoms with van der Waals surface area (Å²) < 4.78 is 0. The molecule has 2 nitrogen and oxygen atoms in total. The molecule has 1 aromatic carbocycles. The molecule has 1 unspecified atom stereocenters. The molecule has 81 valence electrons. The predicted octanol–water partition coefficient (Wildman–Crippen LogP) is 2.65. The van der Waals surface area contributed by atoms with Gasteiger partial charge in [-0.1, -0.05) is 13.0 Å². The van der Waals surface area contributed by atoms with Crippen LogP contribution >= 0.6 is 11.6 Å². The third kappa shape index (κ3) is 3.10. The fraction of sp³-hybridized carbons (Fsp3) is 0.167. The van der Waals surface area contributed by atoms with Gasteiger partial charge in [-0.2, -0.15) is 5.56 Å². The van der Waals surface area contributed by atoms with Crippen LogP contribution in [0.4, 0.5) is 0 Å². The van der Waals surface area contributed by atoms with E-state index in [1.807, 2.05) is 12.1 Å². The van der Waals surface area contributed by atoms with Crippen molar-refractivity contribution >= 4 is 17.3 Å². The van der Waals surface area contributed by atoms with E-state index in [9.17, 15) is 0 Å². The number of phenols is 1. The van der Waals surface area contributed by atoms with E-state index < -0.39 is 0 Å². The molecule has 1 aliphatic rings. The third-order valence-electron chi connectivity index (χ3n) is 2.28. The molecule has 0 saturated carbocycles. The van der Waals surface area contributed by atoms with Crippen LogP contribution in [0.2, 0.25) is 0 Å². The summed E-state index contributed by atoms with van der Waals surface area (Å²) in [5.74, 6) is 0.254. The average Bonchev–Trinajstić information content (AvgIpc) is 2.23. The van der Waals surface area contributed by atoms with Crippen molar-refractivity contribution in [3.05, 3.63) is 48.2 Å². The van der Waals surface area contributed by atoms with Gasteiger partial charge in [-0.15, -0.1) is 29.4 Å². The quantitative estimate of drug-likeness (QED) is 0.617. The van der Waals surface area contributed by atoms with Crippen LogP contribution < -0.4 is 5.32 Å². The van der Waals surface area contributed by atoms with Crippen molar-refractivity contribution in [2.24, 2.45) is 0 Å². The van der Waals surface area contributed by atoms with Gasteiger partial charge in [0.2, 0.25) is 0 Å². The Hall–Kier alpha value is -0.306. The van der Waals surface area contributed by atoms with Crippen LogP contribution in [0.15, 0.2) is 36.5 Å². The zero-order valence-electron chi connectivity index (χ0n) is 8.70. The Morgan fingerprint density at radius 3 is 2.56 bits per heavy atom. The molecule has 1 heterocycles. The second-order valence-electron chi connectivity index (χ2n) is 3.42. The molecule has 1 aliphatic heterocycles. The van der Waals surface area contributed by atoms with Gasteiger partial charge in [0.25, 0.3) is 0 Å². The minimum absolute atomic E-state index is 0. The zero-order valence-corrected chi connectivity index (χ0v) is 12.3. The second-order valence-corrected chi connectivity index (χ2v) is 3.95. The molecule has 16 heavy (non-hydrogen) atoms. The van der Waals surface area contributed by atoms with Crippen molar-refractivity contribution < 1.29 is 37.8 Å². The van der Waals surface area contributed by atoms with E-state index in [0.717, 1.165) is 17.0 Å². The Labute approximate surface area is 125 Å². The number of phenolic OH excluding ortho intramolecular Hbond substituents is 1. The molecule has 4 heteroatoms. The van der Waals surface area contributed by atoms with Crippen LogP contribution in [-0.4, -0.2) is 10.5 Å². The molecule has 2 rings (SSSR count). The first-order valence-electron chi connectivity index (χ1n) is 4.67. The Morgan fingerprint density at radius 2 is 2.00 bits per heavy atom. The first-order valence-corrected chi connectivity index (χ1v) is 5.10. The summed E-state index contributed by atoms with van der Waals surface area (Å²) in [6, 6.07) is 6.93. The molecule has 1 aromatic rings. The number of hydrogen-bond donors (Lipinski definition) is 2. The third-order valence-corrected chi connectivity index (χ3v) is 2.70. The number of halogens is 1. The summed E-state index contributed by atoms with van der Waals surface area (Å²) in [7, 11) is 0. The molecule has 0 aromatic heterocycles. The van der Waals surface area contributed by atoms with Crippen LogP contribution in [-0.2, 0) is 32.7 Å². The van der Waals surface area contributed by atoms with E-state index in [4.69, 9.17) is 16.7 Å². The van der Waals surface area contributed by atoms with E-state index in [1.165, 1.54) is 0 Å². The fourth-order valence-corrected chi connectivity index (χ4v) is 1.53. The van der Waals surface area contributed by atoms with E-state index >= 15 is 0 Å². The van der Waals surface area contributed by atoms with Crippen molar-refractivity contribution in [2.45, 2.75) is 11.8 Å². The van der Waals surface area contributed by atoms with Gasteiger partial charge in [-0.05, 0) is 12.1 Å². The first-order chi connectivity index (χ1) is 7.16. The van der Waals surface area contributed by atoms with Crippen LogP contribution in [0.5, 0.6) is 5.75 Å². The Bertz CT molecular complexity index is 414. The van der Waals surface area contributed by atoms with Crippen molar-refractivity contribution in [2.75, 3.05) is 0 Å². The van der Waals surface area contributed by atoms with E-state index in [0.29, 0.717) is 6.42 Å². The normalized spacial score (nSPS) is 19.4. The number of alkyl halides is 1. The van der Waals surface area contributed by atoms with Crippen molar-refractivity contribution in [1.29, 1.82) is 0 Å². The molecule has 0 amide bonds. The molecular formula is C12H11ClNOY-. The van der Waals surface area contributed by atoms with Gasteiger partial charge in [0.1, 0.15) is 5.75 Å². The van der Waals surface area contributed by atoms with Gasteiger partial charge in [0.05, 0.1) is 5.38 Å². The molecule has 1 atom stereocenters. The van der Waals surface area contributed by atoms with Gasteiger partial charge >= 0.3 is 0 Å². The standard InChI is InChI=1S/C12H11ClNO.Y/c1-8-11(13)6-7-12(14-8)9-2-4-10(15)5-3-9;/h2-5,11,14-15H,1,6H2;/q-1;.